The summed E-state index contributed by atoms with van der Waals surface area (Å²) in [7, 11) is 0. The minimum absolute atomic E-state index is 0. The molecule has 3 unspecified atom stereocenters. The molecule has 2 aliphatic heterocycles. The average molecular weight is 353 g/mol. The zero-order valence-electron chi connectivity index (χ0n) is 13.4. The second-order valence-corrected chi connectivity index (χ2v) is 8.34. The van der Waals surface area contributed by atoms with Crippen molar-refractivity contribution in [3.8, 4) is 0 Å². The van der Waals surface area contributed by atoms with E-state index in [1.54, 1.807) is 0 Å². The monoisotopic (exact) mass is 352 g/mol. The summed E-state index contributed by atoms with van der Waals surface area (Å²) in [5, 5.41) is 3.35. The standard InChI is InChI=1S/C18H24N2OS.ClH/c21-17(20-13-6-2-1-3-7-13)14-12-22-18-10-5-4-8-16(18)19-11-9-15(14)18;/h4-5,8,11,13-15H,1-3,6-7,9-10,12H2,(H,20,21);1H. The van der Waals surface area contributed by atoms with Gasteiger partial charge in [0, 0.05) is 18.0 Å². The fraction of sp³-hybridized carbons (Fsp3) is 0.667. The van der Waals surface area contributed by atoms with Crippen molar-refractivity contribution < 1.29 is 4.79 Å². The molecular weight excluding hydrogens is 328 g/mol. The number of nitrogens with one attached hydrogen (secondary N) is 1. The van der Waals surface area contributed by atoms with Crippen LogP contribution in [0.3, 0.4) is 0 Å². The molecule has 0 bridgehead atoms. The summed E-state index contributed by atoms with van der Waals surface area (Å²) < 4.78 is 0.0675. The maximum atomic E-state index is 12.8. The lowest BCUT2D eigenvalue weighted by Crippen LogP contribution is -2.46. The molecule has 1 saturated heterocycles. The largest absolute Gasteiger partial charge is 0.353 e. The first-order valence-electron chi connectivity index (χ1n) is 8.64. The molecule has 23 heavy (non-hydrogen) atoms. The Kier molecular flexibility index (Phi) is 5.22. The van der Waals surface area contributed by atoms with E-state index in [0.717, 1.165) is 31.4 Å². The summed E-state index contributed by atoms with van der Waals surface area (Å²) in [4.78, 5) is 17.5. The first kappa shape index (κ1) is 17.1. The van der Waals surface area contributed by atoms with Gasteiger partial charge >= 0.3 is 0 Å². The van der Waals surface area contributed by atoms with E-state index < -0.39 is 0 Å². The van der Waals surface area contributed by atoms with Gasteiger partial charge in [-0.1, -0.05) is 31.4 Å². The molecule has 0 aromatic rings. The van der Waals surface area contributed by atoms with Crippen LogP contribution in [0.1, 0.15) is 44.9 Å². The molecule has 0 aromatic carbocycles. The highest BCUT2D eigenvalue weighted by Gasteiger charge is 2.54. The van der Waals surface area contributed by atoms with Gasteiger partial charge in [0.15, 0.2) is 0 Å². The van der Waals surface area contributed by atoms with Gasteiger partial charge in [0.2, 0.25) is 5.91 Å². The number of aliphatic imine (C=N–C) groups is 1. The van der Waals surface area contributed by atoms with E-state index >= 15 is 0 Å². The number of allylic oxidation sites excluding steroid dienone is 3. The van der Waals surface area contributed by atoms with Crippen molar-refractivity contribution in [2.24, 2.45) is 16.8 Å². The minimum Gasteiger partial charge on any atom is -0.353 e. The van der Waals surface area contributed by atoms with Gasteiger partial charge in [-0.15, -0.1) is 24.2 Å². The average Bonchev–Trinajstić information content (AvgIpc) is 2.93. The van der Waals surface area contributed by atoms with Crippen LogP contribution in [0.4, 0.5) is 0 Å². The fourth-order valence-corrected chi connectivity index (χ4v) is 6.31. The molecule has 1 amide bonds. The molecule has 2 fully saturated rings. The molecule has 1 N–H and O–H groups in total. The van der Waals surface area contributed by atoms with E-state index in [1.807, 2.05) is 18.0 Å². The predicted octanol–water partition coefficient (Wildman–Crippen LogP) is 3.89. The van der Waals surface area contributed by atoms with E-state index in [2.05, 4.69) is 28.5 Å². The maximum absolute atomic E-state index is 12.8. The Balaban J connectivity index is 0.00000156. The summed E-state index contributed by atoms with van der Waals surface area (Å²) >= 11 is 1.96. The second-order valence-electron chi connectivity index (χ2n) is 6.99. The van der Waals surface area contributed by atoms with Crippen molar-refractivity contribution in [2.75, 3.05) is 5.75 Å². The Labute approximate surface area is 148 Å². The van der Waals surface area contributed by atoms with Crippen molar-refractivity contribution >= 4 is 36.3 Å². The molecule has 2 aliphatic carbocycles. The summed E-state index contributed by atoms with van der Waals surface area (Å²) in [5.74, 6) is 1.80. The highest BCUT2D eigenvalue weighted by molar-refractivity contribution is 8.01. The van der Waals surface area contributed by atoms with Crippen molar-refractivity contribution in [1.82, 2.24) is 5.32 Å². The van der Waals surface area contributed by atoms with Crippen LogP contribution in [0.2, 0.25) is 0 Å². The maximum Gasteiger partial charge on any atom is 0.224 e. The minimum atomic E-state index is 0. The Hall–Kier alpha value is -0.740. The van der Waals surface area contributed by atoms with Gasteiger partial charge in [-0.2, -0.15) is 0 Å². The zero-order valence-corrected chi connectivity index (χ0v) is 15.0. The van der Waals surface area contributed by atoms with Gasteiger partial charge in [0.1, 0.15) is 0 Å². The van der Waals surface area contributed by atoms with Crippen molar-refractivity contribution in [1.29, 1.82) is 0 Å². The smallest absolute Gasteiger partial charge is 0.224 e. The van der Waals surface area contributed by atoms with Crippen LogP contribution in [0.5, 0.6) is 0 Å². The van der Waals surface area contributed by atoms with Crippen LogP contribution in [-0.4, -0.2) is 28.7 Å². The number of rotatable bonds is 2. The van der Waals surface area contributed by atoms with E-state index in [-0.39, 0.29) is 23.1 Å². The van der Waals surface area contributed by atoms with Crippen molar-refractivity contribution in [3.05, 3.63) is 23.9 Å². The Morgan fingerprint density at radius 3 is 2.96 bits per heavy atom. The quantitative estimate of drug-likeness (QED) is 0.819. The summed E-state index contributed by atoms with van der Waals surface area (Å²) in [6.07, 6.45) is 16.7. The van der Waals surface area contributed by atoms with Crippen molar-refractivity contribution in [3.63, 3.8) is 0 Å². The molecule has 3 nitrogen and oxygen atoms in total. The van der Waals surface area contributed by atoms with Crippen LogP contribution in [-0.2, 0) is 4.79 Å². The van der Waals surface area contributed by atoms with Gasteiger partial charge in [-0.05, 0) is 37.7 Å². The van der Waals surface area contributed by atoms with E-state index in [1.165, 1.54) is 25.0 Å². The Morgan fingerprint density at radius 1 is 1.30 bits per heavy atom. The number of carbonyl (C=O) groups excluding carboxylic acids is 1. The fourth-order valence-electron chi connectivity index (χ4n) is 4.49. The number of nitrogens with zero attached hydrogens (tertiary/aromatic N) is 1. The van der Waals surface area contributed by atoms with Crippen LogP contribution in [0.15, 0.2) is 28.9 Å². The summed E-state index contributed by atoms with van der Waals surface area (Å²) in [6, 6.07) is 0.418. The number of amides is 1. The van der Waals surface area contributed by atoms with Crippen LogP contribution in [0.25, 0.3) is 0 Å². The third kappa shape index (κ3) is 3.00. The number of hydrogen-bond acceptors (Lipinski definition) is 3. The Bertz CT molecular complexity index is 553. The SMILES string of the molecule is Cl.O=C(NC1CCCCC1)C1CSC23CC=CC=C2N=CCC13. The molecule has 126 valence electrons. The topological polar surface area (TPSA) is 41.5 Å². The molecule has 1 spiro atoms. The van der Waals surface area contributed by atoms with E-state index in [9.17, 15) is 4.79 Å². The normalized spacial score (nSPS) is 35.7. The van der Waals surface area contributed by atoms with Gasteiger partial charge < -0.3 is 5.32 Å². The molecule has 1 saturated carbocycles. The molecule has 5 heteroatoms. The van der Waals surface area contributed by atoms with E-state index in [4.69, 9.17) is 0 Å². The predicted molar refractivity (Wildman–Crippen MR) is 99.4 cm³/mol. The van der Waals surface area contributed by atoms with Crippen LogP contribution >= 0.6 is 24.2 Å². The van der Waals surface area contributed by atoms with Crippen LogP contribution in [0, 0.1) is 11.8 Å². The number of halogens is 1. The first-order valence-corrected chi connectivity index (χ1v) is 9.62. The lowest BCUT2D eigenvalue weighted by Gasteiger charge is -2.39. The molecular formula is C18H25ClN2OS. The summed E-state index contributed by atoms with van der Waals surface area (Å²) in [5.41, 5.74) is 1.18. The Morgan fingerprint density at radius 2 is 2.13 bits per heavy atom. The van der Waals surface area contributed by atoms with Crippen molar-refractivity contribution in [2.45, 2.75) is 55.7 Å². The molecule has 4 rings (SSSR count). The highest BCUT2D eigenvalue weighted by atomic mass is 35.5. The molecule has 0 radical (unpaired) electrons. The zero-order chi connectivity index (χ0) is 15.0. The van der Waals surface area contributed by atoms with Crippen LogP contribution < -0.4 is 5.32 Å². The number of hydrogen-bond donors (Lipinski definition) is 1. The number of thioether (sulfide) groups is 1. The first-order chi connectivity index (χ1) is 10.8. The number of carbonyl (C=O) groups is 1. The molecule has 4 aliphatic rings. The lowest BCUT2D eigenvalue weighted by molar-refractivity contribution is -0.126. The molecule has 0 aromatic heterocycles. The van der Waals surface area contributed by atoms with Gasteiger partial charge in [0.25, 0.3) is 0 Å². The second kappa shape index (κ2) is 7.02. The third-order valence-electron chi connectivity index (χ3n) is 5.73. The molecule has 3 atom stereocenters. The van der Waals surface area contributed by atoms with E-state index in [0.29, 0.717) is 17.9 Å². The highest BCUT2D eigenvalue weighted by Crippen LogP contribution is 2.57. The van der Waals surface area contributed by atoms with Gasteiger partial charge in [-0.25, -0.2) is 0 Å². The lowest BCUT2D eigenvalue weighted by atomic mass is 9.73. The summed E-state index contributed by atoms with van der Waals surface area (Å²) in [6.45, 7) is 0. The van der Waals surface area contributed by atoms with Gasteiger partial charge in [0.05, 0.1) is 16.4 Å². The van der Waals surface area contributed by atoms with Gasteiger partial charge in [-0.3, -0.25) is 9.79 Å². The molecule has 2 heterocycles. The third-order valence-corrected chi connectivity index (χ3v) is 7.45.